The van der Waals surface area contributed by atoms with E-state index in [2.05, 4.69) is 74.3 Å². The highest BCUT2D eigenvalue weighted by Gasteiger charge is 2.18. The first kappa shape index (κ1) is 50.1. The lowest BCUT2D eigenvalue weighted by Gasteiger charge is -2.20. The van der Waals surface area contributed by atoms with Crippen LogP contribution < -0.4 is 0 Å². The van der Waals surface area contributed by atoms with Gasteiger partial charge in [0.25, 0.3) is 0 Å². The molecule has 0 heterocycles. The van der Waals surface area contributed by atoms with Gasteiger partial charge in [-0.15, -0.1) is 0 Å². The van der Waals surface area contributed by atoms with Gasteiger partial charge in [0.15, 0.2) is 5.78 Å². The van der Waals surface area contributed by atoms with Crippen LogP contribution in [0.4, 0.5) is 0 Å². The third kappa shape index (κ3) is 72.3. The van der Waals surface area contributed by atoms with Crippen LogP contribution in [0.15, 0.2) is 0 Å². The van der Waals surface area contributed by atoms with Gasteiger partial charge in [-0.05, 0) is 31.1 Å². The van der Waals surface area contributed by atoms with Crippen LogP contribution in [0.5, 0.6) is 0 Å². The van der Waals surface area contributed by atoms with Gasteiger partial charge < -0.3 is 18.9 Å². The summed E-state index contributed by atoms with van der Waals surface area (Å²) in [5.74, 6) is 0.168. The van der Waals surface area contributed by atoms with E-state index in [1.54, 1.807) is 21.0 Å². The number of rotatable bonds is 10. The molecule has 0 aliphatic heterocycles. The molecule has 0 aromatic carbocycles. The Morgan fingerprint density at radius 2 is 1.00 bits per heavy atom. The first-order valence-electron chi connectivity index (χ1n) is 14.0. The van der Waals surface area contributed by atoms with Crippen molar-refractivity contribution in [2.75, 3.05) is 41.7 Å². The van der Waals surface area contributed by atoms with E-state index in [4.69, 9.17) is 0 Å². The summed E-state index contributed by atoms with van der Waals surface area (Å²) in [7, 11) is 5.94. The van der Waals surface area contributed by atoms with Gasteiger partial charge in [0.05, 0.1) is 14.2 Å². The van der Waals surface area contributed by atoms with Crippen molar-refractivity contribution in [3.05, 3.63) is 0 Å². The topological polar surface area (TPSA) is 105 Å². The normalized spacial score (nSPS) is 9.54. The fraction of sp³-hybridized carbons (Fsp3) is 0.871. The molecule has 0 fully saturated rings. The lowest BCUT2D eigenvalue weighted by molar-refractivity contribution is -0.141. The van der Waals surface area contributed by atoms with Gasteiger partial charge in [-0.25, -0.2) is 0 Å². The lowest BCUT2D eigenvalue weighted by Crippen LogP contribution is -2.15. The Balaban J connectivity index is -0.0000000865. The molecule has 0 aromatic rings. The predicted molar refractivity (Wildman–Crippen MR) is 163 cm³/mol. The van der Waals surface area contributed by atoms with Crippen molar-refractivity contribution in [1.29, 1.82) is 0 Å². The van der Waals surface area contributed by atoms with E-state index in [1.807, 2.05) is 6.92 Å². The molecular weight excluding hydrogens is 500 g/mol. The number of hydrogen-bond acceptors (Lipinski definition) is 8. The van der Waals surface area contributed by atoms with Gasteiger partial charge in [0.1, 0.15) is 12.4 Å². The Morgan fingerprint density at radius 1 is 0.641 bits per heavy atom. The predicted octanol–water partition coefficient (Wildman–Crippen LogP) is 7.64. The number of ether oxygens (including phenoxy) is 4. The van der Waals surface area contributed by atoms with Gasteiger partial charge in [0, 0.05) is 46.5 Å². The number of esters is 2. The second-order valence-corrected chi connectivity index (χ2v) is 10.5. The van der Waals surface area contributed by atoms with Crippen molar-refractivity contribution in [2.45, 2.75) is 128 Å². The van der Waals surface area contributed by atoms with Crippen molar-refractivity contribution in [1.82, 2.24) is 0 Å². The van der Waals surface area contributed by atoms with Crippen molar-refractivity contribution >= 4 is 23.5 Å². The van der Waals surface area contributed by atoms with Gasteiger partial charge in [-0.3, -0.25) is 19.2 Å². The molecule has 0 bridgehead atoms. The molecule has 0 saturated carbocycles. The molecule has 8 heteroatoms. The fourth-order valence-corrected chi connectivity index (χ4v) is 1.52. The monoisotopic (exact) mass is 566 g/mol. The molecular formula is C31H66O8. The number of methoxy groups -OCH3 is 4. The number of Topliss-reactive ketones (excluding diaryl/α,β-unsaturated/α-hetero) is 2. The van der Waals surface area contributed by atoms with E-state index < -0.39 is 0 Å². The smallest absolute Gasteiger partial charge is 0.305 e. The maximum absolute atomic E-state index is 11.2. The first-order valence-corrected chi connectivity index (χ1v) is 14.0. The first-order chi connectivity index (χ1) is 17.9. The highest BCUT2D eigenvalue weighted by Crippen LogP contribution is 2.25. The largest absolute Gasteiger partial charge is 0.469 e. The molecule has 0 unspecified atom stereocenters. The van der Waals surface area contributed by atoms with Crippen molar-refractivity contribution < 1.29 is 38.1 Å². The SMILES string of the molecule is CCC(=O)OC.CCC(=O)OC.CCC(C)(C)C.CCCC(=O)CC(C)(C)CC.CCOC.COCC(C)=O. The van der Waals surface area contributed by atoms with Crippen LogP contribution in [0.25, 0.3) is 0 Å². The van der Waals surface area contributed by atoms with E-state index in [1.165, 1.54) is 34.7 Å². The number of carbonyl (C=O) groups excluding carboxylic acids is 4. The van der Waals surface area contributed by atoms with Gasteiger partial charge in [-0.2, -0.15) is 0 Å². The Labute approximate surface area is 242 Å². The summed E-state index contributed by atoms with van der Waals surface area (Å²) < 4.78 is 17.5. The fourth-order valence-electron chi connectivity index (χ4n) is 1.52. The van der Waals surface area contributed by atoms with Crippen LogP contribution in [-0.2, 0) is 38.1 Å². The van der Waals surface area contributed by atoms with Crippen molar-refractivity contribution in [2.24, 2.45) is 10.8 Å². The molecule has 39 heavy (non-hydrogen) atoms. The summed E-state index contributed by atoms with van der Waals surface area (Å²) >= 11 is 0. The van der Waals surface area contributed by atoms with Crippen LogP contribution in [0, 0.1) is 10.8 Å². The second-order valence-electron chi connectivity index (χ2n) is 10.5. The van der Waals surface area contributed by atoms with Gasteiger partial charge in [-0.1, -0.05) is 82.1 Å². The Bertz CT molecular complexity index is 519. The van der Waals surface area contributed by atoms with Crippen molar-refractivity contribution in [3.8, 4) is 0 Å². The van der Waals surface area contributed by atoms with E-state index in [0.29, 0.717) is 24.0 Å². The lowest BCUT2D eigenvalue weighted by atomic mass is 9.84. The summed E-state index contributed by atoms with van der Waals surface area (Å²) in [5.41, 5.74) is 0.756. The molecule has 0 rings (SSSR count). The van der Waals surface area contributed by atoms with E-state index >= 15 is 0 Å². The van der Waals surface area contributed by atoms with Crippen LogP contribution in [0.2, 0.25) is 0 Å². The zero-order chi connectivity index (χ0) is 32.5. The molecule has 0 aliphatic rings. The molecule has 0 aromatic heterocycles. The minimum Gasteiger partial charge on any atom is -0.469 e. The Kier molecular flexibility index (Phi) is 46.5. The highest BCUT2D eigenvalue weighted by atomic mass is 16.5. The summed E-state index contributed by atoms with van der Waals surface area (Å²) in [6, 6.07) is 0. The third-order valence-corrected chi connectivity index (χ3v) is 4.89. The van der Waals surface area contributed by atoms with Crippen LogP contribution in [0.3, 0.4) is 0 Å². The van der Waals surface area contributed by atoms with E-state index in [-0.39, 0.29) is 29.7 Å². The maximum atomic E-state index is 11.2. The average Bonchev–Trinajstić information content (AvgIpc) is 2.88. The standard InChI is InChI=1S/C10H20O.C6H14.3C4H8O2.C3H8O/c1-5-7-9(11)8-10(3,4)6-2;1-5-6(2,3)4;1-4(5)3-6-2;2*1-3-4(5)6-2;1-3-4-2/h5-8H2,1-4H3;5H2,1-4H3;3*3H2,1-2H3;3H2,1-2H3. The molecule has 0 amide bonds. The van der Waals surface area contributed by atoms with Crippen LogP contribution >= 0.6 is 0 Å². The summed E-state index contributed by atoms with van der Waals surface area (Å²) in [6.07, 6.45) is 5.78. The Morgan fingerprint density at radius 3 is 1.10 bits per heavy atom. The number of carbonyl (C=O) groups is 4. The molecule has 0 radical (unpaired) electrons. The highest BCUT2D eigenvalue weighted by molar-refractivity contribution is 5.78. The summed E-state index contributed by atoms with van der Waals surface area (Å²) in [4.78, 5) is 41.1. The molecule has 0 spiro atoms. The number of ketones is 2. The quantitative estimate of drug-likeness (QED) is 0.248. The summed E-state index contributed by atoms with van der Waals surface area (Å²) in [6.45, 7) is 25.4. The Hall–Kier alpha value is -1.80. The zero-order valence-corrected chi connectivity index (χ0v) is 28.6. The molecule has 0 N–H and O–H groups in total. The number of hydrogen-bond donors (Lipinski definition) is 0. The molecule has 0 atom stereocenters. The maximum Gasteiger partial charge on any atom is 0.305 e. The molecule has 238 valence electrons. The minimum absolute atomic E-state index is 0.0671. The molecule has 0 saturated heterocycles. The van der Waals surface area contributed by atoms with E-state index in [0.717, 1.165) is 32.3 Å². The van der Waals surface area contributed by atoms with Crippen molar-refractivity contribution in [3.63, 3.8) is 0 Å². The molecule has 0 aliphatic carbocycles. The zero-order valence-electron chi connectivity index (χ0n) is 28.6. The average molecular weight is 567 g/mol. The minimum atomic E-state index is -0.157. The van der Waals surface area contributed by atoms with Crippen LogP contribution in [0.1, 0.15) is 128 Å². The third-order valence-electron chi connectivity index (χ3n) is 4.89. The van der Waals surface area contributed by atoms with E-state index in [9.17, 15) is 19.2 Å². The van der Waals surface area contributed by atoms with Crippen LogP contribution in [-0.4, -0.2) is 65.2 Å². The van der Waals surface area contributed by atoms with Gasteiger partial charge in [0.2, 0.25) is 0 Å². The second kappa shape index (κ2) is 36.2. The van der Waals surface area contributed by atoms with Gasteiger partial charge >= 0.3 is 11.9 Å². The summed E-state index contributed by atoms with van der Waals surface area (Å²) in [5, 5.41) is 0. The molecule has 8 nitrogen and oxygen atoms in total.